The summed E-state index contributed by atoms with van der Waals surface area (Å²) in [6.45, 7) is 7.93. The van der Waals surface area contributed by atoms with Gasteiger partial charge in [-0.2, -0.15) is 0 Å². The average molecular weight is 276 g/mol. The van der Waals surface area contributed by atoms with Crippen LogP contribution >= 0.6 is 11.6 Å². The highest BCUT2D eigenvalue weighted by Crippen LogP contribution is 2.09. The van der Waals surface area contributed by atoms with Crippen LogP contribution < -0.4 is 0 Å². The molecule has 0 aliphatic carbocycles. The van der Waals surface area contributed by atoms with Gasteiger partial charge in [0.15, 0.2) is 0 Å². The van der Waals surface area contributed by atoms with Gasteiger partial charge in [-0.25, -0.2) is 0 Å². The van der Waals surface area contributed by atoms with E-state index in [1.54, 1.807) is 6.92 Å². The van der Waals surface area contributed by atoms with Crippen LogP contribution in [0, 0.1) is 0 Å². The second kappa shape index (κ2) is 11.8. The Kier molecular flexibility index (Phi) is 11.7. The van der Waals surface area contributed by atoms with Crippen molar-refractivity contribution in [1.82, 2.24) is 4.90 Å². The van der Waals surface area contributed by atoms with Crippen LogP contribution in [0.3, 0.4) is 0 Å². The number of carbonyl (C=O) groups is 1. The molecule has 0 aromatic heterocycles. The molecule has 0 aliphatic heterocycles. The lowest BCUT2D eigenvalue weighted by atomic mass is 10.1. The summed E-state index contributed by atoms with van der Waals surface area (Å²) in [6, 6.07) is 0. The van der Waals surface area contributed by atoms with Crippen molar-refractivity contribution in [1.29, 1.82) is 0 Å². The molecule has 0 fully saturated rings. The molecule has 0 radical (unpaired) electrons. The van der Waals surface area contributed by atoms with E-state index in [2.05, 4.69) is 13.8 Å². The van der Waals surface area contributed by atoms with Crippen LogP contribution in [0.25, 0.3) is 0 Å². The second-order valence-corrected chi connectivity index (χ2v) is 5.72. The number of alkyl halides is 1. The van der Waals surface area contributed by atoms with Crippen LogP contribution in [0.4, 0.5) is 0 Å². The van der Waals surface area contributed by atoms with E-state index in [9.17, 15) is 4.79 Å². The van der Waals surface area contributed by atoms with E-state index >= 15 is 0 Å². The number of unbranched alkanes of at least 4 members (excludes halogenated alkanes) is 6. The number of amides is 1. The lowest BCUT2D eigenvalue weighted by Gasteiger charge is -2.24. The van der Waals surface area contributed by atoms with Crippen LogP contribution in [-0.2, 0) is 4.79 Å². The molecular formula is C15H30ClNO. The molecule has 0 saturated heterocycles. The largest absolute Gasteiger partial charge is 0.341 e. The lowest BCUT2D eigenvalue weighted by Crippen LogP contribution is -2.37. The Labute approximate surface area is 118 Å². The van der Waals surface area contributed by atoms with Gasteiger partial charge in [0.2, 0.25) is 5.91 Å². The number of halogens is 1. The van der Waals surface area contributed by atoms with Crippen molar-refractivity contribution in [3.05, 3.63) is 0 Å². The summed E-state index contributed by atoms with van der Waals surface area (Å²) in [7, 11) is 0. The third-order valence-corrected chi connectivity index (χ3v) is 3.40. The zero-order valence-electron chi connectivity index (χ0n) is 12.4. The van der Waals surface area contributed by atoms with E-state index in [0.29, 0.717) is 0 Å². The third-order valence-electron chi connectivity index (χ3n) is 3.22. The molecule has 0 N–H and O–H groups in total. The van der Waals surface area contributed by atoms with Gasteiger partial charge < -0.3 is 4.90 Å². The minimum absolute atomic E-state index is 0.102. The SMILES string of the molecule is CCCCCCN(CCCCCC)C(=O)C(C)Cl. The molecule has 0 rings (SSSR count). The molecule has 0 aromatic carbocycles. The Morgan fingerprint density at radius 3 is 1.72 bits per heavy atom. The molecule has 0 bridgehead atoms. The maximum atomic E-state index is 12.0. The van der Waals surface area contributed by atoms with Gasteiger partial charge in [0.25, 0.3) is 0 Å². The van der Waals surface area contributed by atoms with Crippen LogP contribution in [0.15, 0.2) is 0 Å². The first-order valence-corrected chi connectivity index (χ1v) is 8.00. The van der Waals surface area contributed by atoms with Crippen molar-refractivity contribution < 1.29 is 4.79 Å². The molecular weight excluding hydrogens is 246 g/mol. The highest BCUT2D eigenvalue weighted by molar-refractivity contribution is 6.30. The summed E-state index contributed by atoms with van der Waals surface area (Å²) in [5.74, 6) is 0.102. The van der Waals surface area contributed by atoms with E-state index in [1.165, 1.54) is 38.5 Å². The zero-order valence-corrected chi connectivity index (χ0v) is 13.1. The molecule has 2 nitrogen and oxygen atoms in total. The fourth-order valence-electron chi connectivity index (χ4n) is 2.04. The molecule has 0 aliphatic rings. The van der Waals surface area contributed by atoms with Crippen molar-refractivity contribution in [3.8, 4) is 0 Å². The summed E-state index contributed by atoms with van der Waals surface area (Å²) >= 11 is 5.91. The third kappa shape index (κ3) is 8.79. The quantitative estimate of drug-likeness (QED) is 0.398. The molecule has 0 heterocycles. The first kappa shape index (κ1) is 17.8. The predicted molar refractivity (Wildman–Crippen MR) is 80.2 cm³/mol. The monoisotopic (exact) mass is 275 g/mol. The molecule has 1 atom stereocenters. The standard InChI is InChI=1S/C15H30ClNO/c1-4-6-8-10-12-17(15(18)14(3)16)13-11-9-7-5-2/h14H,4-13H2,1-3H3. The Bertz CT molecular complexity index is 195. The van der Waals surface area contributed by atoms with Crippen LogP contribution in [0.2, 0.25) is 0 Å². The first-order valence-electron chi connectivity index (χ1n) is 7.56. The number of nitrogens with zero attached hydrogens (tertiary/aromatic N) is 1. The fourth-order valence-corrected chi connectivity index (χ4v) is 2.18. The Hall–Kier alpha value is -0.240. The van der Waals surface area contributed by atoms with Gasteiger partial charge in [-0.05, 0) is 19.8 Å². The van der Waals surface area contributed by atoms with Crippen LogP contribution in [0.5, 0.6) is 0 Å². The maximum absolute atomic E-state index is 12.0. The molecule has 0 spiro atoms. The first-order chi connectivity index (χ1) is 8.63. The highest BCUT2D eigenvalue weighted by Gasteiger charge is 2.17. The van der Waals surface area contributed by atoms with E-state index in [-0.39, 0.29) is 11.3 Å². The minimum atomic E-state index is -0.387. The van der Waals surface area contributed by atoms with E-state index in [0.717, 1.165) is 25.9 Å². The summed E-state index contributed by atoms with van der Waals surface area (Å²) in [5.41, 5.74) is 0. The molecule has 108 valence electrons. The van der Waals surface area contributed by atoms with Crippen LogP contribution in [-0.4, -0.2) is 29.3 Å². The number of carbonyl (C=O) groups excluding carboxylic acids is 1. The normalized spacial score (nSPS) is 12.4. The predicted octanol–water partition coefficient (Wildman–Crippen LogP) is 4.60. The van der Waals surface area contributed by atoms with E-state index in [4.69, 9.17) is 11.6 Å². The summed E-state index contributed by atoms with van der Waals surface area (Å²) in [4.78, 5) is 13.9. The fraction of sp³-hybridized carbons (Fsp3) is 0.933. The minimum Gasteiger partial charge on any atom is -0.341 e. The zero-order chi connectivity index (χ0) is 13.8. The number of hydrogen-bond acceptors (Lipinski definition) is 1. The van der Waals surface area contributed by atoms with Crippen molar-refractivity contribution in [3.63, 3.8) is 0 Å². The average Bonchev–Trinajstić information content (AvgIpc) is 2.36. The summed E-state index contributed by atoms with van der Waals surface area (Å²) in [5, 5.41) is -0.387. The summed E-state index contributed by atoms with van der Waals surface area (Å²) in [6.07, 6.45) is 9.63. The molecule has 1 amide bonds. The molecule has 0 saturated carbocycles. The molecule has 1 unspecified atom stereocenters. The lowest BCUT2D eigenvalue weighted by molar-refractivity contribution is -0.130. The number of hydrogen-bond donors (Lipinski definition) is 0. The second-order valence-electron chi connectivity index (χ2n) is 5.06. The smallest absolute Gasteiger partial charge is 0.240 e. The summed E-state index contributed by atoms with van der Waals surface area (Å²) < 4.78 is 0. The molecule has 3 heteroatoms. The van der Waals surface area contributed by atoms with Gasteiger partial charge in [0.05, 0.1) is 0 Å². The van der Waals surface area contributed by atoms with Crippen molar-refractivity contribution >= 4 is 17.5 Å². The van der Waals surface area contributed by atoms with Crippen molar-refractivity contribution in [2.75, 3.05) is 13.1 Å². The van der Waals surface area contributed by atoms with E-state index in [1.807, 2.05) is 4.90 Å². The van der Waals surface area contributed by atoms with Crippen molar-refractivity contribution in [2.24, 2.45) is 0 Å². The maximum Gasteiger partial charge on any atom is 0.240 e. The number of rotatable bonds is 11. The van der Waals surface area contributed by atoms with Crippen molar-refractivity contribution in [2.45, 2.75) is 77.5 Å². The topological polar surface area (TPSA) is 20.3 Å². The van der Waals surface area contributed by atoms with Gasteiger partial charge in [0, 0.05) is 13.1 Å². The van der Waals surface area contributed by atoms with Gasteiger partial charge in [-0.15, -0.1) is 11.6 Å². The highest BCUT2D eigenvalue weighted by atomic mass is 35.5. The van der Waals surface area contributed by atoms with Gasteiger partial charge >= 0.3 is 0 Å². The Balaban J connectivity index is 3.96. The molecule has 18 heavy (non-hydrogen) atoms. The Morgan fingerprint density at radius 2 is 1.39 bits per heavy atom. The van der Waals surface area contributed by atoms with Crippen LogP contribution in [0.1, 0.15) is 72.1 Å². The Morgan fingerprint density at radius 1 is 0.944 bits per heavy atom. The van der Waals surface area contributed by atoms with E-state index < -0.39 is 0 Å². The van der Waals surface area contributed by atoms with Gasteiger partial charge in [-0.3, -0.25) is 4.79 Å². The van der Waals surface area contributed by atoms with Gasteiger partial charge in [0.1, 0.15) is 5.38 Å². The van der Waals surface area contributed by atoms with Gasteiger partial charge in [-0.1, -0.05) is 52.4 Å². The molecule has 0 aromatic rings.